The van der Waals surface area contributed by atoms with E-state index in [1.165, 1.54) is 6.08 Å². The van der Waals surface area contributed by atoms with E-state index >= 15 is 0 Å². The van der Waals surface area contributed by atoms with Gasteiger partial charge < -0.3 is 9.05 Å². The number of aliphatic imine (C=N–C) groups is 1. The molecule has 0 aromatic heterocycles. The molecule has 6 heteroatoms. The number of benzene rings is 1. The first-order chi connectivity index (χ1) is 8.68. The van der Waals surface area contributed by atoms with Gasteiger partial charge in [-0.3, -0.25) is 4.57 Å². The highest BCUT2D eigenvalue weighted by atomic mass is 31.2. The van der Waals surface area contributed by atoms with Crippen LogP contribution >= 0.6 is 7.60 Å². The molecule has 98 valence electrons. The molecule has 0 saturated heterocycles. The van der Waals surface area contributed by atoms with Crippen LogP contribution in [0.2, 0.25) is 0 Å². The summed E-state index contributed by atoms with van der Waals surface area (Å²) in [6.07, 6.45) is 1.43. The largest absolute Gasteiger partial charge is 0.360 e. The van der Waals surface area contributed by atoms with Gasteiger partial charge in [-0.2, -0.15) is 4.99 Å². The van der Waals surface area contributed by atoms with Crippen LogP contribution in [0.1, 0.15) is 25.2 Å². The van der Waals surface area contributed by atoms with Crippen LogP contribution in [0.15, 0.2) is 35.3 Å². The monoisotopic (exact) mass is 269 g/mol. The maximum absolute atomic E-state index is 12.6. The van der Waals surface area contributed by atoms with Gasteiger partial charge in [0.25, 0.3) is 0 Å². The Hall–Kier alpha value is -1.25. The van der Waals surface area contributed by atoms with Gasteiger partial charge in [0.15, 0.2) is 5.78 Å². The molecule has 5 nitrogen and oxygen atoms in total. The summed E-state index contributed by atoms with van der Waals surface area (Å²) in [5, 5.41) is 0. The Kier molecular flexibility index (Phi) is 5.96. The van der Waals surface area contributed by atoms with Crippen LogP contribution in [0, 0.1) is 0 Å². The van der Waals surface area contributed by atoms with Gasteiger partial charge in [-0.1, -0.05) is 30.3 Å². The first kappa shape index (κ1) is 14.8. The second-order valence-corrected chi connectivity index (χ2v) is 5.47. The highest BCUT2D eigenvalue weighted by Gasteiger charge is 2.36. The lowest BCUT2D eigenvalue weighted by Crippen LogP contribution is -2.05. The molecule has 0 aliphatic carbocycles. The molecule has 0 spiro atoms. The minimum Gasteiger partial charge on any atom is -0.307 e. The van der Waals surface area contributed by atoms with Gasteiger partial charge >= 0.3 is 7.60 Å². The van der Waals surface area contributed by atoms with Crippen molar-refractivity contribution in [3.8, 4) is 0 Å². The molecule has 1 atom stereocenters. The minimum absolute atomic E-state index is 0.217. The summed E-state index contributed by atoms with van der Waals surface area (Å²) in [5.41, 5.74) is 0.603. The molecule has 0 radical (unpaired) electrons. The van der Waals surface area contributed by atoms with Gasteiger partial charge in [0.1, 0.15) is 0 Å². The van der Waals surface area contributed by atoms with Crippen LogP contribution in [0.25, 0.3) is 0 Å². The molecular weight excluding hydrogens is 253 g/mol. The highest BCUT2D eigenvalue weighted by Crippen LogP contribution is 2.61. The number of nitrogens with zero attached hydrogens (tertiary/aromatic N) is 1. The molecule has 0 N–H and O–H groups in total. The van der Waals surface area contributed by atoms with E-state index in [9.17, 15) is 9.36 Å². The summed E-state index contributed by atoms with van der Waals surface area (Å²) in [4.78, 5) is 14.1. The fourth-order valence-electron chi connectivity index (χ4n) is 1.54. The van der Waals surface area contributed by atoms with E-state index < -0.39 is 13.4 Å². The minimum atomic E-state index is -3.50. The van der Waals surface area contributed by atoms with Crippen LogP contribution in [0.5, 0.6) is 0 Å². The van der Waals surface area contributed by atoms with Gasteiger partial charge in [0, 0.05) is 0 Å². The van der Waals surface area contributed by atoms with Crippen molar-refractivity contribution >= 4 is 13.7 Å². The number of carbonyl (C=O) groups excluding carboxylic acids is 1. The molecule has 18 heavy (non-hydrogen) atoms. The van der Waals surface area contributed by atoms with E-state index in [1.54, 1.807) is 38.1 Å². The van der Waals surface area contributed by atoms with Crippen LogP contribution in [-0.4, -0.2) is 19.3 Å². The molecule has 1 aromatic rings. The van der Waals surface area contributed by atoms with Crippen molar-refractivity contribution < 1.29 is 18.4 Å². The Morgan fingerprint density at radius 1 is 1.22 bits per heavy atom. The number of rotatable bonds is 7. The quantitative estimate of drug-likeness (QED) is 0.433. The number of isocyanates is 1. The Bertz CT molecular complexity index is 446. The molecule has 0 amide bonds. The Balaban J connectivity index is 3.17. The van der Waals surface area contributed by atoms with Crippen molar-refractivity contribution in [3.05, 3.63) is 35.9 Å². The van der Waals surface area contributed by atoms with Crippen molar-refractivity contribution in [1.82, 2.24) is 0 Å². The van der Waals surface area contributed by atoms with Gasteiger partial charge in [-0.05, 0) is 19.4 Å². The van der Waals surface area contributed by atoms with Gasteiger partial charge in [-0.25, -0.2) is 4.79 Å². The van der Waals surface area contributed by atoms with Crippen LogP contribution in [0.3, 0.4) is 0 Å². The molecule has 0 fully saturated rings. The average molecular weight is 269 g/mol. The lowest BCUT2D eigenvalue weighted by Gasteiger charge is -2.22. The Labute approximate surface area is 106 Å². The summed E-state index contributed by atoms with van der Waals surface area (Å²) in [7, 11) is -3.50. The third-order valence-electron chi connectivity index (χ3n) is 2.19. The topological polar surface area (TPSA) is 65.0 Å². The molecular formula is C12H16NO4P. The first-order valence-electron chi connectivity index (χ1n) is 5.68. The van der Waals surface area contributed by atoms with Crippen molar-refractivity contribution in [1.29, 1.82) is 0 Å². The fourth-order valence-corrected chi connectivity index (χ4v) is 3.34. The lowest BCUT2D eigenvalue weighted by atomic mass is 10.2. The molecule has 1 rings (SSSR count). The van der Waals surface area contributed by atoms with Gasteiger partial charge in [0.2, 0.25) is 6.08 Å². The van der Waals surface area contributed by atoms with Gasteiger partial charge in [-0.15, -0.1) is 0 Å². The van der Waals surface area contributed by atoms with E-state index in [0.717, 1.165) is 0 Å². The van der Waals surface area contributed by atoms with Crippen molar-refractivity contribution in [3.63, 3.8) is 0 Å². The Morgan fingerprint density at radius 3 is 2.22 bits per heavy atom. The smallest absolute Gasteiger partial charge is 0.307 e. The predicted octanol–water partition coefficient (Wildman–Crippen LogP) is 3.29. The van der Waals surface area contributed by atoms with E-state index in [2.05, 4.69) is 4.99 Å². The van der Waals surface area contributed by atoms with E-state index in [4.69, 9.17) is 9.05 Å². The van der Waals surface area contributed by atoms with Crippen LogP contribution < -0.4 is 0 Å². The zero-order valence-corrected chi connectivity index (χ0v) is 11.3. The summed E-state index contributed by atoms with van der Waals surface area (Å²) < 4.78 is 23.0. The number of hydrogen-bond donors (Lipinski definition) is 0. The summed E-state index contributed by atoms with van der Waals surface area (Å²) in [6.45, 7) is 3.85. The molecule has 0 heterocycles. The zero-order chi connectivity index (χ0) is 13.4. The summed E-state index contributed by atoms with van der Waals surface area (Å²) in [5.74, 6) is -0.962. The van der Waals surface area contributed by atoms with E-state index in [1.807, 2.05) is 6.07 Å². The second-order valence-electron chi connectivity index (χ2n) is 3.38. The zero-order valence-electron chi connectivity index (χ0n) is 10.4. The standard InChI is InChI=1S/C12H16NO4P/c1-3-16-18(15,17-4-2)12(13-10-14)11-8-6-5-7-9-11/h5-9,12H,3-4H2,1-2H3. The van der Waals surface area contributed by atoms with Crippen molar-refractivity contribution in [2.24, 2.45) is 4.99 Å². The summed E-state index contributed by atoms with van der Waals surface area (Å²) in [6, 6.07) is 8.79. The van der Waals surface area contributed by atoms with Crippen molar-refractivity contribution in [2.45, 2.75) is 19.6 Å². The molecule has 0 aliphatic heterocycles. The second kappa shape index (κ2) is 7.24. The molecule has 0 bridgehead atoms. The molecule has 0 aliphatic rings. The van der Waals surface area contributed by atoms with Crippen LogP contribution in [-0.2, 0) is 18.4 Å². The predicted molar refractivity (Wildman–Crippen MR) is 68.2 cm³/mol. The normalized spacial score (nSPS) is 12.8. The van der Waals surface area contributed by atoms with Crippen molar-refractivity contribution in [2.75, 3.05) is 13.2 Å². The SMILES string of the molecule is CCOP(=O)(OCC)C(N=C=O)c1ccccc1. The third kappa shape index (κ3) is 3.62. The average Bonchev–Trinajstić information content (AvgIpc) is 2.37. The Morgan fingerprint density at radius 2 is 1.78 bits per heavy atom. The fraction of sp³-hybridized carbons (Fsp3) is 0.417. The third-order valence-corrected chi connectivity index (χ3v) is 4.44. The molecule has 1 unspecified atom stereocenters. The molecule has 1 aromatic carbocycles. The van der Waals surface area contributed by atoms with E-state index in [0.29, 0.717) is 5.56 Å². The summed E-state index contributed by atoms with van der Waals surface area (Å²) >= 11 is 0. The van der Waals surface area contributed by atoms with Gasteiger partial charge in [0.05, 0.1) is 13.2 Å². The van der Waals surface area contributed by atoms with E-state index in [-0.39, 0.29) is 13.2 Å². The maximum Gasteiger partial charge on any atom is 0.360 e. The van der Waals surface area contributed by atoms with Crippen LogP contribution in [0.4, 0.5) is 0 Å². The molecule has 0 saturated carbocycles. The first-order valence-corrected chi connectivity index (χ1v) is 7.29. The highest BCUT2D eigenvalue weighted by molar-refractivity contribution is 7.54. The number of hydrogen-bond acceptors (Lipinski definition) is 5. The lowest BCUT2D eigenvalue weighted by molar-refractivity contribution is 0.212. The maximum atomic E-state index is 12.6.